The van der Waals surface area contributed by atoms with E-state index in [0.717, 1.165) is 0 Å². The maximum atomic E-state index is 11.7. The number of carbonyl (C=O) groups is 1. The van der Waals surface area contributed by atoms with Crippen molar-refractivity contribution in [1.82, 2.24) is 10.9 Å². The van der Waals surface area contributed by atoms with E-state index < -0.39 is 5.41 Å². The minimum Gasteiger partial charge on any atom is -0.375 e. The van der Waals surface area contributed by atoms with Crippen LogP contribution in [-0.4, -0.2) is 11.0 Å². The first-order valence-electron chi connectivity index (χ1n) is 4.45. The van der Waals surface area contributed by atoms with Gasteiger partial charge in [-0.3, -0.25) is 15.6 Å². The van der Waals surface area contributed by atoms with E-state index in [2.05, 4.69) is 23.1 Å². The Bertz CT molecular complexity index is 243. The second kappa shape index (κ2) is 4.13. The van der Waals surface area contributed by atoms with Gasteiger partial charge in [-0.05, 0) is 17.6 Å². The van der Waals surface area contributed by atoms with Crippen LogP contribution in [0.15, 0.2) is 0 Å². The predicted octanol–water partition coefficient (Wildman–Crippen LogP) is 0.923. The second-order valence-corrected chi connectivity index (χ2v) is 5.26. The van der Waals surface area contributed by atoms with E-state index in [0.29, 0.717) is 0 Å². The number of rotatable bonds is 1. The van der Waals surface area contributed by atoms with Gasteiger partial charge in [0.25, 0.3) is 0 Å². The molecule has 1 amide bonds. The van der Waals surface area contributed by atoms with Crippen LogP contribution >= 0.6 is 12.2 Å². The molecule has 4 N–H and O–H groups in total. The van der Waals surface area contributed by atoms with Crippen molar-refractivity contribution in [1.29, 1.82) is 0 Å². The summed E-state index contributed by atoms with van der Waals surface area (Å²) in [5, 5.41) is 0.0584. The van der Waals surface area contributed by atoms with Crippen molar-refractivity contribution in [2.24, 2.45) is 16.6 Å². The van der Waals surface area contributed by atoms with Crippen LogP contribution in [0.25, 0.3) is 0 Å². The first-order valence-corrected chi connectivity index (χ1v) is 4.86. The average molecular weight is 217 g/mol. The van der Waals surface area contributed by atoms with Gasteiger partial charge in [0.2, 0.25) is 5.91 Å². The van der Waals surface area contributed by atoms with Crippen LogP contribution in [0.1, 0.15) is 34.6 Å². The number of amides is 1. The van der Waals surface area contributed by atoms with Gasteiger partial charge in [-0.2, -0.15) is 0 Å². The Morgan fingerprint density at radius 1 is 1.14 bits per heavy atom. The molecule has 82 valence electrons. The van der Waals surface area contributed by atoms with Crippen molar-refractivity contribution in [2.45, 2.75) is 34.6 Å². The Balaban J connectivity index is 4.45. The molecular weight excluding hydrogens is 198 g/mol. The topological polar surface area (TPSA) is 67.2 Å². The summed E-state index contributed by atoms with van der Waals surface area (Å²) in [5.41, 5.74) is 9.48. The zero-order chi connectivity index (χ0) is 11.6. The van der Waals surface area contributed by atoms with Gasteiger partial charge in [-0.15, -0.1) is 0 Å². The molecule has 0 atom stereocenters. The predicted molar refractivity (Wildman–Crippen MR) is 61.3 cm³/mol. The molecule has 4 nitrogen and oxygen atoms in total. The van der Waals surface area contributed by atoms with Crippen LogP contribution in [0, 0.1) is 10.8 Å². The third-order valence-electron chi connectivity index (χ3n) is 2.74. The zero-order valence-corrected chi connectivity index (χ0v) is 10.2. The van der Waals surface area contributed by atoms with Crippen LogP contribution in [0.3, 0.4) is 0 Å². The van der Waals surface area contributed by atoms with E-state index in [-0.39, 0.29) is 16.4 Å². The number of thiocarbonyl (C=S) groups is 1. The molecule has 0 saturated carbocycles. The van der Waals surface area contributed by atoms with Crippen molar-refractivity contribution in [3.05, 3.63) is 0 Å². The van der Waals surface area contributed by atoms with Crippen molar-refractivity contribution in [3.8, 4) is 0 Å². The van der Waals surface area contributed by atoms with E-state index in [1.807, 2.05) is 34.6 Å². The Morgan fingerprint density at radius 3 is 1.86 bits per heavy atom. The summed E-state index contributed by atoms with van der Waals surface area (Å²) in [6, 6.07) is 0. The van der Waals surface area contributed by atoms with Gasteiger partial charge in [-0.1, -0.05) is 34.6 Å². The quantitative estimate of drug-likeness (QED) is 0.451. The molecule has 0 bridgehead atoms. The third-order valence-corrected chi connectivity index (χ3v) is 2.84. The summed E-state index contributed by atoms with van der Waals surface area (Å²) >= 11 is 4.58. The Hall–Kier alpha value is -0.840. The highest BCUT2D eigenvalue weighted by atomic mass is 32.1. The smallest absolute Gasteiger partial charge is 0.244 e. The highest BCUT2D eigenvalue weighted by Gasteiger charge is 2.39. The molecule has 0 heterocycles. The summed E-state index contributed by atoms with van der Waals surface area (Å²) in [6.45, 7) is 9.78. The number of hydrogen-bond acceptors (Lipinski definition) is 2. The minimum absolute atomic E-state index is 0.0584. The number of nitrogens with two attached hydrogens (primary N) is 1. The lowest BCUT2D eigenvalue weighted by atomic mass is 9.69. The molecule has 0 aromatic heterocycles. The standard InChI is InChI=1S/C9H19N3OS/c1-8(2,3)9(4,5)6(13)11-12-7(10)14/h1-5H3,(H,11,13)(H3,10,12,14). The average Bonchev–Trinajstić information content (AvgIpc) is 1.97. The van der Waals surface area contributed by atoms with Crippen molar-refractivity contribution < 1.29 is 4.79 Å². The third kappa shape index (κ3) is 3.14. The maximum Gasteiger partial charge on any atom is 0.244 e. The summed E-state index contributed by atoms with van der Waals surface area (Å²) in [4.78, 5) is 11.7. The maximum absolute atomic E-state index is 11.7. The largest absolute Gasteiger partial charge is 0.375 e. The first-order chi connectivity index (χ1) is 6.09. The monoisotopic (exact) mass is 217 g/mol. The Labute approximate surface area is 90.6 Å². The van der Waals surface area contributed by atoms with Crippen molar-refractivity contribution >= 4 is 23.2 Å². The molecule has 0 spiro atoms. The van der Waals surface area contributed by atoms with Gasteiger partial charge in [0.15, 0.2) is 5.11 Å². The number of hydrogen-bond donors (Lipinski definition) is 3. The van der Waals surface area contributed by atoms with E-state index in [1.165, 1.54) is 0 Å². The number of hydrazine groups is 1. The molecule has 5 heteroatoms. The molecule has 0 rings (SSSR count). The van der Waals surface area contributed by atoms with Gasteiger partial charge in [-0.25, -0.2) is 0 Å². The zero-order valence-electron chi connectivity index (χ0n) is 9.39. The Kier molecular flexibility index (Phi) is 3.88. The normalized spacial score (nSPS) is 12.1. The van der Waals surface area contributed by atoms with Crippen molar-refractivity contribution in [2.75, 3.05) is 0 Å². The van der Waals surface area contributed by atoms with Crippen LogP contribution in [0.4, 0.5) is 0 Å². The molecule has 0 aliphatic rings. The highest BCUT2D eigenvalue weighted by Crippen LogP contribution is 2.37. The summed E-state index contributed by atoms with van der Waals surface area (Å²) < 4.78 is 0. The van der Waals surface area contributed by atoms with E-state index in [4.69, 9.17) is 5.73 Å². The Morgan fingerprint density at radius 2 is 1.57 bits per heavy atom. The molecule has 14 heavy (non-hydrogen) atoms. The lowest BCUT2D eigenvalue weighted by Crippen LogP contribution is -2.52. The van der Waals surface area contributed by atoms with Gasteiger partial charge in [0.1, 0.15) is 0 Å². The molecule has 0 aliphatic heterocycles. The summed E-state index contributed by atoms with van der Waals surface area (Å²) in [5.74, 6) is -0.127. The molecule has 0 saturated heterocycles. The summed E-state index contributed by atoms with van der Waals surface area (Å²) in [7, 11) is 0. The SMILES string of the molecule is CC(C)(C)C(C)(C)C(=O)NNC(N)=S. The van der Waals surface area contributed by atoms with Gasteiger partial charge < -0.3 is 5.73 Å². The van der Waals surface area contributed by atoms with Crippen molar-refractivity contribution in [3.63, 3.8) is 0 Å². The van der Waals surface area contributed by atoms with E-state index in [9.17, 15) is 4.79 Å². The van der Waals surface area contributed by atoms with Crippen LogP contribution in [-0.2, 0) is 4.79 Å². The van der Waals surface area contributed by atoms with Crippen LogP contribution in [0.2, 0.25) is 0 Å². The van der Waals surface area contributed by atoms with E-state index >= 15 is 0 Å². The molecule has 0 unspecified atom stereocenters. The number of carbonyl (C=O) groups excluding carboxylic acids is 1. The fourth-order valence-electron chi connectivity index (χ4n) is 0.615. The molecular formula is C9H19N3OS. The van der Waals surface area contributed by atoms with Gasteiger partial charge >= 0.3 is 0 Å². The van der Waals surface area contributed by atoms with Gasteiger partial charge in [0, 0.05) is 0 Å². The van der Waals surface area contributed by atoms with Crippen LogP contribution < -0.4 is 16.6 Å². The fraction of sp³-hybridized carbons (Fsp3) is 0.778. The molecule has 0 radical (unpaired) electrons. The first kappa shape index (κ1) is 13.2. The lowest BCUT2D eigenvalue weighted by molar-refractivity contribution is -0.135. The summed E-state index contributed by atoms with van der Waals surface area (Å²) in [6.07, 6.45) is 0. The molecule has 0 aromatic carbocycles. The van der Waals surface area contributed by atoms with Gasteiger partial charge in [0.05, 0.1) is 5.41 Å². The van der Waals surface area contributed by atoms with E-state index in [1.54, 1.807) is 0 Å². The molecule has 0 aliphatic carbocycles. The lowest BCUT2D eigenvalue weighted by Gasteiger charge is -2.37. The second-order valence-electron chi connectivity index (χ2n) is 4.82. The highest BCUT2D eigenvalue weighted by molar-refractivity contribution is 7.80. The fourth-order valence-corrected chi connectivity index (χ4v) is 0.666. The minimum atomic E-state index is -0.495. The van der Waals surface area contributed by atoms with Crippen LogP contribution in [0.5, 0.6) is 0 Å². The molecule has 0 aromatic rings. The molecule has 0 fully saturated rings. The number of nitrogens with one attached hydrogen (secondary N) is 2.